The maximum atomic E-state index is 10.8. The number of nitrogens with one attached hydrogen (secondary N) is 1. The second kappa shape index (κ2) is 6.35. The molecule has 0 amide bonds. The molecule has 8 heteroatoms. The van der Waals surface area contributed by atoms with E-state index in [2.05, 4.69) is 20.2 Å². The molecule has 1 N–H and O–H groups in total. The summed E-state index contributed by atoms with van der Waals surface area (Å²) in [5.41, 5.74) is 0.647. The molecule has 114 valence electrons. The summed E-state index contributed by atoms with van der Waals surface area (Å²) >= 11 is 0. The fraction of sp³-hybridized carbons (Fsp3) is 0.286. The number of nitrogens with zero attached hydrogens (tertiary/aromatic N) is 4. The van der Waals surface area contributed by atoms with Crippen molar-refractivity contribution in [2.75, 3.05) is 36.5 Å². The number of morpholine rings is 1. The number of aromatic nitrogens is 2. The Balaban J connectivity index is 1.77. The Labute approximate surface area is 126 Å². The van der Waals surface area contributed by atoms with Gasteiger partial charge in [-0.05, 0) is 6.07 Å². The van der Waals surface area contributed by atoms with E-state index in [0.29, 0.717) is 24.7 Å². The van der Waals surface area contributed by atoms with Crippen LogP contribution in [-0.2, 0) is 4.74 Å². The number of ether oxygens (including phenoxy) is 1. The van der Waals surface area contributed by atoms with Gasteiger partial charge in [-0.25, -0.2) is 9.97 Å². The van der Waals surface area contributed by atoms with Crippen LogP contribution in [0.4, 0.5) is 23.0 Å². The fourth-order valence-electron chi connectivity index (χ4n) is 2.23. The average molecular weight is 301 g/mol. The van der Waals surface area contributed by atoms with Gasteiger partial charge in [0.1, 0.15) is 18.0 Å². The van der Waals surface area contributed by atoms with Gasteiger partial charge in [-0.3, -0.25) is 10.1 Å². The quantitative estimate of drug-likeness (QED) is 0.681. The molecule has 0 atom stereocenters. The molecule has 0 radical (unpaired) electrons. The molecule has 22 heavy (non-hydrogen) atoms. The van der Waals surface area contributed by atoms with Crippen molar-refractivity contribution < 1.29 is 9.66 Å². The molecule has 1 saturated heterocycles. The first kappa shape index (κ1) is 14.2. The average Bonchev–Trinajstić information content (AvgIpc) is 2.56. The molecule has 0 unspecified atom stereocenters. The number of benzene rings is 1. The Morgan fingerprint density at radius 3 is 2.82 bits per heavy atom. The van der Waals surface area contributed by atoms with Crippen molar-refractivity contribution >= 4 is 23.0 Å². The lowest BCUT2D eigenvalue weighted by atomic mass is 10.3. The summed E-state index contributed by atoms with van der Waals surface area (Å²) in [4.78, 5) is 20.9. The van der Waals surface area contributed by atoms with Crippen molar-refractivity contribution in [3.05, 3.63) is 46.8 Å². The van der Waals surface area contributed by atoms with Gasteiger partial charge in [0.05, 0.1) is 18.1 Å². The lowest BCUT2D eigenvalue weighted by molar-refractivity contribution is -0.384. The summed E-state index contributed by atoms with van der Waals surface area (Å²) < 4.78 is 5.32. The van der Waals surface area contributed by atoms with Gasteiger partial charge >= 0.3 is 0 Å². The topological polar surface area (TPSA) is 93.4 Å². The van der Waals surface area contributed by atoms with Crippen molar-refractivity contribution in [3.63, 3.8) is 0 Å². The molecular formula is C14H15N5O3. The van der Waals surface area contributed by atoms with Crippen molar-refractivity contribution in [2.24, 2.45) is 0 Å². The summed E-state index contributed by atoms with van der Waals surface area (Å²) in [6.45, 7) is 2.93. The summed E-state index contributed by atoms with van der Waals surface area (Å²) in [5, 5.41) is 13.9. The van der Waals surface area contributed by atoms with Crippen molar-refractivity contribution in [1.29, 1.82) is 0 Å². The predicted octanol–water partition coefficient (Wildman–Crippen LogP) is 1.96. The largest absolute Gasteiger partial charge is 0.378 e. The molecule has 1 aromatic heterocycles. The van der Waals surface area contributed by atoms with Crippen LogP contribution in [-0.4, -0.2) is 41.2 Å². The molecule has 1 aliphatic rings. The smallest absolute Gasteiger partial charge is 0.271 e. The number of rotatable bonds is 4. The predicted molar refractivity (Wildman–Crippen MR) is 81.4 cm³/mol. The number of anilines is 3. The highest BCUT2D eigenvalue weighted by Gasteiger charge is 2.13. The Bertz CT molecular complexity index is 673. The molecule has 1 aliphatic heterocycles. The summed E-state index contributed by atoms with van der Waals surface area (Å²) in [6.07, 6.45) is 1.48. The molecule has 0 saturated carbocycles. The highest BCUT2D eigenvalue weighted by molar-refractivity contribution is 5.61. The molecule has 0 aliphatic carbocycles. The molecule has 0 spiro atoms. The summed E-state index contributed by atoms with van der Waals surface area (Å²) in [7, 11) is 0. The van der Waals surface area contributed by atoms with Crippen LogP contribution in [0.15, 0.2) is 36.7 Å². The number of hydrogen-bond acceptors (Lipinski definition) is 7. The lowest BCUT2D eigenvalue weighted by Crippen LogP contribution is -2.36. The van der Waals surface area contributed by atoms with Gasteiger partial charge in [-0.2, -0.15) is 0 Å². The first-order valence-corrected chi connectivity index (χ1v) is 6.88. The Morgan fingerprint density at radius 1 is 1.23 bits per heavy atom. The SMILES string of the molecule is O=[N+]([O-])c1cccc(Nc2cc(N3CCOCC3)ncn2)c1. The van der Waals surface area contributed by atoms with Gasteiger partial charge in [0.15, 0.2) is 0 Å². The van der Waals surface area contributed by atoms with E-state index in [1.165, 1.54) is 18.5 Å². The zero-order chi connectivity index (χ0) is 15.4. The van der Waals surface area contributed by atoms with Gasteiger partial charge in [-0.15, -0.1) is 0 Å². The van der Waals surface area contributed by atoms with Gasteiger partial charge in [0, 0.05) is 37.0 Å². The standard InChI is InChI=1S/C14H15N5O3/c20-19(21)12-3-1-2-11(8-12)17-13-9-14(16-10-15-13)18-4-6-22-7-5-18/h1-3,8-10H,4-7H2,(H,15,16,17). The Morgan fingerprint density at radius 2 is 2.05 bits per heavy atom. The molecule has 2 heterocycles. The third-order valence-corrected chi connectivity index (χ3v) is 3.32. The van der Waals surface area contributed by atoms with Crippen molar-refractivity contribution in [1.82, 2.24) is 9.97 Å². The van der Waals surface area contributed by atoms with E-state index in [0.717, 1.165) is 18.9 Å². The first-order chi connectivity index (χ1) is 10.7. The van der Waals surface area contributed by atoms with E-state index in [-0.39, 0.29) is 5.69 Å². The minimum atomic E-state index is -0.426. The van der Waals surface area contributed by atoms with E-state index in [4.69, 9.17) is 4.74 Å². The van der Waals surface area contributed by atoms with E-state index >= 15 is 0 Å². The number of nitro groups is 1. The second-order valence-electron chi connectivity index (χ2n) is 4.79. The highest BCUT2D eigenvalue weighted by atomic mass is 16.6. The molecule has 3 rings (SSSR count). The van der Waals surface area contributed by atoms with Crippen LogP contribution in [0.5, 0.6) is 0 Å². The van der Waals surface area contributed by atoms with Gasteiger partial charge in [-0.1, -0.05) is 6.07 Å². The van der Waals surface area contributed by atoms with E-state index in [1.54, 1.807) is 12.1 Å². The van der Waals surface area contributed by atoms with E-state index in [1.807, 2.05) is 6.07 Å². The van der Waals surface area contributed by atoms with Crippen molar-refractivity contribution in [2.45, 2.75) is 0 Å². The highest BCUT2D eigenvalue weighted by Crippen LogP contribution is 2.22. The Hall–Kier alpha value is -2.74. The summed E-state index contributed by atoms with van der Waals surface area (Å²) in [6, 6.07) is 8.12. The molecular weight excluding hydrogens is 286 g/mol. The maximum Gasteiger partial charge on any atom is 0.271 e. The second-order valence-corrected chi connectivity index (χ2v) is 4.79. The lowest BCUT2D eigenvalue weighted by Gasteiger charge is -2.27. The molecule has 1 aromatic carbocycles. The summed E-state index contributed by atoms with van der Waals surface area (Å²) in [5.74, 6) is 1.41. The maximum absolute atomic E-state index is 10.8. The monoisotopic (exact) mass is 301 g/mol. The zero-order valence-corrected chi connectivity index (χ0v) is 11.8. The number of nitro benzene ring substituents is 1. The van der Waals surface area contributed by atoms with Crippen LogP contribution in [0, 0.1) is 10.1 Å². The zero-order valence-electron chi connectivity index (χ0n) is 11.8. The van der Waals surface area contributed by atoms with Gasteiger partial charge < -0.3 is 15.0 Å². The Kier molecular flexibility index (Phi) is 4.10. The third-order valence-electron chi connectivity index (χ3n) is 3.32. The van der Waals surface area contributed by atoms with Crippen LogP contribution in [0.2, 0.25) is 0 Å². The molecule has 0 bridgehead atoms. The first-order valence-electron chi connectivity index (χ1n) is 6.88. The minimum Gasteiger partial charge on any atom is -0.378 e. The van der Waals surface area contributed by atoms with Gasteiger partial charge in [0.2, 0.25) is 0 Å². The fourth-order valence-corrected chi connectivity index (χ4v) is 2.23. The van der Waals surface area contributed by atoms with Crippen LogP contribution >= 0.6 is 0 Å². The molecule has 8 nitrogen and oxygen atoms in total. The molecule has 1 fully saturated rings. The molecule has 2 aromatic rings. The van der Waals surface area contributed by atoms with Crippen LogP contribution < -0.4 is 10.2 Å². The van der Waals surface area contributed by atoms with E-state index in [9.17, 15) is 10.1 Å². The van der Waals surface area contributed by atoms with Crippen LogP contribution in [0.25, 0.3) is 0 Å². The normalized spacial score (nSPS) is 14.6. The number of hydrogen-bond donors (Lipinski definition) is 1. The van der Waals surface area contributed by atoms with E-state index < -0.39 is 4.92 Å². The van der Waals surface area contributed by atoms with Crippen LogP contribution in [0.1, 0.15) is 0 Å². The third kappa shape index (κ3) is 3.29. The minimum absolute atomic E-state index is 0.0347. The number of non-ortho nitro benzene ring substituents is 1. The van der Waals surface area contributed by atoms with Crippen LogP contribution in [0.3, 0.4) is 0 Å². The van der Waals surface area contributed by atoms with Gasteiger partial charge in [0.25, 0.3) is 5.69 Å². The van der Waals surface area contributed by atoms with Crippen molar-refractivity contribution in [3.8, 4) is 0 Å².